The third-order valence-electron chi connectivity index (χ3n) is 3.33. The van der Waals surface area contributed by atoms with Crippen LogP contribution >= 0.6 is 22.9 Å². The maximum absolute atomic E-state index is 11.4. The fourth-order valence-corrected chi connectivity index (χ4v) is 5.39. The summed E-state index contributed by atoms with van der Waals surface area (Å²) in [5.74, 6) is 0.947. The van der Waals surface area contributed by atoms with Gasteiger partial charge in [-0.1, -0.05) is 18.5 Å². The van der Waals surface area contributed by atoms with Gasteiger partial charge in [0.1, 0.15) is 0 Å². The lowest BCUT2D eigenvalue weighted by molar-refractivity contribution is 0.454. The van der Waals surface area contributed by atoms with Crippen LogP contribution in [0.4, 0.5) is 0 Å². The van der Waals surface area contributed by atoms with Crippen LogP contribution in [0.2, 0.25) is 4.34 Å². The molecule has 0 unspecified atom stereocenters. The molecule has 1 N–H and O–H groups in total. The van der Waals surface area contributed by atoms with E-state index in [1.807, 2.05) is 12.1 Å². The van der Waals surface area contributed by atoms with Crippen LogP contribution in [0.1, 0.15) is 30.7 Å². The molecule has 0 aliphatic carbocycles. The molecule has 1 aromatic heterocycles. The lowest BCUT2D eigenvalue weighted by Crippen LogP contribution is -2.27. The van der Waals surface area contributed by atoms with Crippen LogP contribution in [0.3, 0.4) is 0 Å². The van der Waals surface area contributed by atoms with E-state index in [1.54, 1.807) is 11.3 Å². The molecule has 0 saturated carbocycles. The number of thiophene rings is 1. The van der Waals surface area contributed by atoms with Crippen molar-refractivity contribution in [3.63, 3.8) is 0 Å². The monoisotopic (exact) mass is 307 g/mol. The average Bonchev–Trinajstić information content (AvgIpc) is 2.86. The minimum Gasteiger partial charge on any atom is -0.309 e. The highest BCUT2D eigenvalue weighted by Crippen LogP contribution is 2.29. The van der Waals surface area contributed by atoms with Gasteiger partial charge in [0.25, 0.3) is 0 Å². The summed E-state index contributed by atoms with van der Waals surface area (Å²) in [6, 6.07) is 4.23. The van der Waals surface area contributed by atoms with E-state index in [0.29, 0.717) is 11.5 Å². The second-order valence-electron chi connectivity index (χ2n) is 4.78. The Balaban J connectivity index is 1.88. The van der Waals surface area contributed by atoms with E-state index in [-0.39, 0.29) is 12.0 Å². The number of hydrogen-bond acceptors (Lipinski definition) is 4. The van der Waals surface area contributed by atoms with E-state index >= 15 is 0 Å². The van der Waals surface area contributed by atoms with Crippen molar-refractivity contribution < 1.29 is 8.42 Å². The summed E-state index contributed by atoms with van der Waals surface area (Å²) in [4.78, 5) is 1.23. The molecular formula is C12H18ClNO2S2. The van der Waals surface area contributed by atoms with E-state index in [4.69, 9.17) is 11.6 Å². The van der Waals surface area contributed by atoms with Crippen molar-refractivity contribution in [1.29, 1.82) is 0 Å². The zero-order valence-corrected chi connectivity index (χ0v) is 12.7. The van der Waals surface area contributed by atoms with Crippen molar-refractivity contribution in [2.45, 2.75) is 25.8 Å². The fraction of sp³-hybridized carbons (Fsp3) is 0.667. The quantitative estimate of drug-likeness (QED) is 0.910. The lowest BCUT2D eigenvalue weighted by Gasteiger charge is -2.17. The molecule has 2 heterocycles. The topological polar surface area (TPSA) is 46.2 Å². The third kappa shape index (κ3) is 3.70. The van der Waals surface area contributed by atoms with Gasteiger partial charge in [0.05, 0.1) is 15.8 Å². The molecule has 0 radical (unpaired) electrons. The molecule has 2 rings (SSSR count). The van der Waals surface area contributed by atoms with Gasteiger partial charge in [-0.25, -0.2) is 8.42 Å². The van der Waals surface area contributed by atoms with Gasteiger partial charge in [-0.05, 0) is 37.4 Å². The van der Waals surface area contributed by atoms with Crippen LogP contribution in [0.15, 0.2) is 12.1 Å². The molecule has 0 aromatic carbocycles. The first-order valence-electron chi connectivity index (χ1n) is 6.19. The number of halogens is 1. The Bertz CT molecular complexity index is 498. The van der Waals surface area contributed by atoms with Crippen LogP contribution in [-0.4, -0.2) is 26.5 Å². The highest BCUT2D eigenvalue weighted by molar-refractivity contribution is 7.91. The van der Waals surface area contributed by atoms with Crippen molar-refractivity contribution in [3.8, 4) is 0 Å². The standard InChI is InChI=1S/C12H18ClNO2S2/c1-2-10(11-3-4-12(13)17-11)14-7-9-5-6-18(15,16)8-9/h3-4,9-10,14H,2,5-8H2,1H3/t9-,10+/m1/s1. The van der Waals surface area contributed by atoms with E-state index in [9.17, 15) is 8.42 Å². The first-order valence-corrected chi connectivity index (χ1v) is 9.21. The predicted molar refractivity (Wildman–Crippen MR) is 77.1 cm³/mol. The Labute approximate surface area is 117 Å². The molecule has 0 spiro atoms. The minimum atomic E-state index is -2.77. The number of nitrogens with one attached hydrogen (secondary N) is 1. The minimum absolute atomic E-state index is 0.263. The van der Waals surface area contributed by atoms with Gasteiger partial charge >= 0.3 is 0 Å². The van der Waals surface area contributed by atoms with Crippen molar-refractivity contribution in [3.05, 3.63) is 21.3 Å². The normalized spacial score (nSPS) is 24.2. The van der Waals surface area contributed by atoms with Crippen LogP contribution in [0.5, 0.6) is 0 Å². The first-order chi connectivity index (χ1) is 8.50. The highest BCUT2D eigenvalue weighted by Gasteiger charge is 2.28. The van der Waals surface area contributed by atoms with Crippen LogP contribution in [0.25, 0.3) is 0 Å². The molecule has 1 fully saturated rings. The van der Waals surface area contributed by atoms with Gasteiger partial charge in [0.15, 0.2) is 9.84 Å². The molecule has 0 bridgehead atoms. The Morgan fingerprint density at radius 1 is 1.56 bits per heavy atom. The van der Waals surface area contributed by atoms with E-state index < -0.39 is 9.84 Å². The summed E-state index contributed by atoms with van der Waals surface area (Å²) in [5.41, 5.74) is 0. The summed E-state index contributed by atoms with van der Waals surface area (Å²) in [7, 11) is -2.77. The Morgan fingerprint density at radius 3 is 2.83 bits per heavy atom. The number of rotatable bonds is 5. The second-order valence-corrected chi connectivity index (χ2v) is 8.76. The molecule has 6 heteroatoms. The summed E-state index contributed by atoms with van der Waals surface area (Å²) in [5, 5.41) is 3.47. The molecule has 3 nitrogen and oxygen atoms in total. The average molecular weight is 308 g/mol. The highest BCUT2D eigenvalue weighted by atomic mass is 35.5. The van der Waals surface area contributed by atoms with Crippen molar-refractivity contribution >= 4 is 32.8 Å². The van der Waals surface area contributed by atoms with Crippen molar-refractivity contribution in [2.75, 3.05) is 18.1 Å². The van der Waals surface area contributed by atoms with E-state index in [0.717, 1.165) is 23.7 Å². The van der Waals surface area contributed by atoms with Crippen LogP contribution in [0, 0.1) is 5.92 Å². The fourth-order valence-electron chi connectivity index (χ4n) is 2.30. The molecule has 1 saturated heterocycles. The largest absolute Gasteiger partial charge is 0.309 e. The molecule has 102 valence electrons. The smallest absolute Gasteiger partial charge is 0.150 e. The van der Waals surface area contributed by atoms with Gasteiger partial charge < -0.3 is 5.32 Å². The third-order valence-corrected chi connectivity index (χ3v) is 6.51. The molecular weight excluding hydrogens is 290 g/mol. The van der Waals surface area contributed by atoms with Gasteiger partial charge in [-0.3, -0.25) is 0 Å². The maximum atomic E-state index is 11.4. The molecule has 0 amide bonds. The zero-order valence-electron chi connectivity index (χ0n) is 10.4. The molecule has 1 aliphatic rings. The second kappa shape index (κ2) is 5.90. The Hall–Kier alpha value is -0.100. The molecule has 1 aromatic rings. The molecule has 2 atom stereocenters. The van der Waals surface area contributed by atoms with Crippen LogP contribution in [-0.2, 0) is 9.84 Å². The molecule has 18 heavy (non-hydrogen) atoms. The predicted octanol–water partition coefficient (Wildman–Crippen LogP) is 2.88. The van der Waals surface area contributed by atoms with E-state index in [1.165, 1.54) is 4.88 Å². The van der Waals surface area contributed by atoms with Gasteiger partial charge in [0, 0.05) is 10.9 Å². The summed E-state index contributed by atoms with van der Waals surface area (Å²) in [6.45, 7) is 2.89. The zero-order chi connectivity index (χ0) is 13.2. The first kappa shape index (κ1) is 14.3. The summed E-state index contributed by atoms with van der Waals surface area (Å²) < 4.78 is 23.6. The van der Waals surface area contributed by atoms with Crippen molar-refractivity contribution in [1.82, 2.24) is 5.32 Å². The van der Waals surface area contributed by atoms with Gasteiger partial charge in [-0.2, -0.15) is 0 Å². The summed E-state index contributed by atoms with van der Waals surface area (Å²) >= 11 is 7.52. The van der Waals surface area contributed by atoms with Crippen molar-refractivity contribution in [2.24, 2.45) is 5.92 Å². The SMILES string of the molecule is CC[C@H](NC[C@H]1CCS(=O)(=O)C1)c1ccc(Cl)s1. The number of hydrogen-bond donors (Lipinski definition) is 1. The number of sulfone groups is 1. The van der Waals surface area contributed by atoms with Crippen LogP contribution < -0.4 is 5.32 Å². The van der Waals surface area contributed by atoms with Gasteiger partial charge in [0.2, 0.25) is 0 Å². The Morgan fingerprint density at radius 2 is 2.33 bits per heavy atom. The lowest BCUT2D eigenvalue weighted by atomic mass is 10.1. The Kier molecular flexibility index (Phi) is 4.69. The molecule has 1 aliphatic heterocycles. The van der Waals surface area contributed by atoms with Gasteiger partial charge in [-0.15, -0.1) is 11.3 Å². The maximum Gasteiger partial charge on any atom is 0.150 e. The summed E-state index contributed by atoms with van der Waals surface area (Å²) in [6.07, 6.45) is 1.77. The van der Waals surface area contributed by atoms with E-state index in [2.05, 4.69) is 12.2 Å².